The number of carbonyl (C=O) groups excluding carboxylic acids is 3. The molecule has 1 heterocycles. The fourth-order valence-corrected chi connectivity index (χ4v) is 9.82. The van der Waals surface area contributed by atoms with Crippen LogP contribution in [0, 0.1) is 17.7 Å². The smallest absolute Gasteiger partial charge is 0.435 e. The van der Waals surface area contributed by atoms with Crippen LogP contribution < -0.4 is 5.32 Å². The number of sulfone groups is 1. The zero-order valence-electron chi connectivity index (χ0n) is 25.3. The number of esters is 1. The summed E-state index contributed by atoms with van der Waals surface area (Å²) in [5.74, 6) is -4.09. The predicted molar refractivity (Wildman–Crippen MR) is 151 cm³/mol. The van der Waals surface area contributed by atoms with Crippen molar-refractivity contribution in [2.24, 2.45) is 11.8 Å². The van der Waals surface area contributed by atoms with Crippen molar-refractivity contribution in [2.75, 3.05) is 20.2 Å². The number of halogens is 8. The van der Waals surface area contributed by atoms with E-state index in [1.807, 2.05) is 0 Å². The van der Waals surface area contributed by atoms with E-state index in [0.29, 0.717) is 6.07 Å². The molecule has 17 heteroatoms. The number of aryl methyl sites for hydroxylation is 1. The van der Waals surface area contributed by atoms with Crippen molar-refractivity contribution < 1.29 is 62.7 Å². The van der Waals surface area contributed by atoms with E-state index in [4.69, 9.17) is 0 Å². The summed E-state index contributed by atoms with van der Waals surface area (Å²) in [6.07, 6.45) is -13.6. The molecule has 262 valence electrons. The van der Waals surface area contributed by atoms with Crippen LogP contribution in [0.2, 0.25) is 0 Å². The van der Waals surface area contributed by atoms with E-state index in [9.17, 15) is 53.5 Å². The lowest BCUT2D eigenvalue weighted by Crippen LogP contribution is -2.51. The number of amides is 2. The summed E-state index contributed by atoms with van der Waals surface area (Å²) in [6, 6.07) is 4.32. The van der Waals surface area contributed by atoms with Crippen LogP contribution in [0.15, 0.2) is 47.4 Å². The Bertz CT molecular complexity index is 1700. The second-order valence-electron chi connectivity index (χ2n) is 12.2. The highest BCUT2D eigenvalue weighted by Crippen LogP contribution is 2.59. The molecule has 1 saturated heterocycles. The number of nitrogens with one attached hydrogen (secondary N) is 1. The van der Waals surface area contributed by atoms with Crippen LogP contribution in [0.5, 0.6) is 0 Å². The van der Waals surface area contributed by atoms with Gasteiger partial charge in [-0.2, -0.15) is 26.3 Å². The van der Waals surface area contributed by atoms with E-state index >= 15 is 4.39 Å². The third-order valence-electron chi connectivity index (χ3n) is 9.71. The lowest BCUT2D eigenvalue weighted by Gasteiger charge is -2.43. The van der Waals surface area contributed by atoms with Gasteiger partial charge in [-0.15, -0.1) is 0 Å². The average Bonchev–Trinajstić information content (AvgIpc) is 3.59. The number of nitrogens with zero attached hydrogens (tertiary/aromatic N) is 1. The van der Waals surface area contributed by atoms with E-state index in [1.54, 1.807) is 0 Å². The van der Waals surface area contributed by atoms with Gasteiger partial charge in [0.2, 0.25) is 11.8 Å². The van der Waals surface area contributed by atoms with Crippen LogP contribution in [0.25, 0.3) is 0 Å². The highest BCUT2D eigenvalue weighted by atomic mass is 32.2. The summed E-state index contributed by atoms with van der Waals surface area (Å²) in [7, 11) is -3.40. The third kappa shape index (κ3) is 5.70. The highest BCUT2D eigenvalue weighted by molar-refractivity contribution is 7.92. The maximum absolute atomic E-state index is 15.0. The fraction of sp³-hybridized carbons (Fsp3) is 0.516. The SMILES string of the molecule is COC(=O)CCN1C[C@@H](C(=O)N[C@@H]2CC[C@@]3(S(=O)(=O)c4ccc(F)cc4)c4ccc(C(F)(C(F)(F)F)C(F)(F)F)cc4CC[C@@H]23)CC1=O. The molecule has 1 N–H and O–H groups in total. The number of benzene rings is 2. The van der Waals surface area contributed by atoms with Gasteiger partial charge in [0, 0.05) is 37.0 Å². The number of alkyl halides is 7. The molecular weight excluding hydrogens is 680 g/mol. The quantitative estimate of drug-likeness (QED) is 0.234. The summed E-state index contributed by atoms with van der Waals surface area (Å²) >= 11 is 0. The fourth-order valence-electron chi connectivity index (χ4n) is 7.34. The van der Waals surface area contributed by atoms with E-state index in [1.165, 1.54) is 12.0 Å². The largest absolute Gasteiger partial charge is 0.469 e. The van der Waals surface area contributed by atoms with Gasteiger partial charge in [0.15, 0.2) is 9.84 Å². The van der Waals surface area contributed by atoms with Crippen molar-refractivity contribution in [3.05, 3.63) is 65.0 Å². The van der Waals surface area contributed by atoms with E-state index < -0.39 is 73.7 Å². The Labute approximate surface area is 269 Å². The number of carbonyl (C=O) groups is 3. The molecule has 0 unspecified atom stereocenters. The first kappa shape index (κ1) is 35.5. The first-order valence-electron chi connectivity index (χ1n) is 14.9. The minimum Gasteiger partial charge on any atom is -0.469 e. The second-order valence-corrected chi connectivity index (χ2v) is 14.4. The van der Waals surface area contributed by atoms with Gasteiger partial charge in [0.1, 0.15) is 10.6 Å². The van der Waals surface area contributed by atoms with Crippen molar-refractivity contribution in [2.45, 2.75) is 72.2 Å². The second kappa shape index (κ2) is 12.3. The lowest BCUT2D eigenvalue weighted by molar-refractivity contribution is -0.348. The molecule has 1 saturated carbocycles. The third-order valence-corrected chi connectivity index (χ3v) is 12.3. The van der Waals surface area contributed by atoms with Gasteiger partial charge in [0.25, 0.3) is 0 Å². The summed E-state index contributed by atoms with van der Waals surface area (Å²) in [4.78, 5) is 38.3. The topological polar surface area (TPSA) is 110 Å². The molecule has 2 fully saturated rings. The molecule has 3 aliphatic rings. The van der Waals surface area contributed by atoms with Crippen LogP contribution in [0.4, 0.5) is 35.1 Å². The molecule has 48 heavy (non-hydrogen) atoms. The first-order chi connectivity index (χ1) is 22.3. The molecule has 0 bridgehead atoms. The molecule has 4 atom stereocenters. The maximum Gasteiger partial charge on any atom is 0.435 e. The number of ether oxygens (including phenoxy) is 1. The molecule has 2 aliphatic carbocycles. The van der Waals surface area contributed by atoms with Gasteiger partial charge in [-0.25, -0.2) is 17.2 Å². The van der Waals surface area contributed by atoms with Crippen LogP contribution in [-0.2, 0) is 45.8 Å². The van der Waals surface area contributed by atoms with Crippen molar-refractivity contribution >= 4 is 27.6 Å². The van der Waals surface area contributed by atoms with Gasteiger partial charge in [0.05, 0.1) is 24.3 Å². The maximum atomic E-state index is 15.0. The van der Waals surface area contributed by atoms with Crippen molar-refractivity contribution in [3.8, 4) is 0 Å². The Morgan fingerprint density at radius 2 is 1.65 bits per heavy atom. The van der Waals surface area contributed by atoms with Gasteiger partial charge >= 0.3 is 24.0 Å². The van der Waals surface area contributed by atoms with Crippen LogP contribution >= 0.6 is 0 Å². The number of hydrogen-bond donors (Lipinski definition) is 1. The number of methoxy groups -OCH3 is 1. The standard InChI is InChI=1S/C31H30F8N2O6S/c1-47-26(43)11-13-41-16-18(15-25(41)42)27(44)40-24-10-12-28(48(45,46)21-6-4-20(32)5-7-21)22-9-3-19(14-17(22)2-8-23(24)28)29(33,30(34,35)36)31(37,38)39/h3-7,9,14,18,23-24H,2,8,10-13,15-16H2,1H3,(H,40,44)/t18-,23-,24+,28+/m0/s1. The Hall–Kier alpha value is -3.76. The minimum atomic E-state index is -6.38. The summed E-state index contributed by atoms with van der Waals surface area (Å²) in [6.45, 7) is -0.00491. The molecule has 5 rings (SSSR count). The van der Waals surface area contributed by atoms with Crippen molar-refractivity contribution in [3.63, 3.8) is 0 Å². The highest BCUT2D eigenvalue weighted by Gasteiger charge is 2.74. The van der Waals surface area contributed by atoms with E-state index in [0.717, 1.165) is 30.3 Å². The Balaban J connectivity index is 1.52. The molecule has 8 nitrogen and oxygen atoms in total. The van der Waals surface area contributed by atoms with Crippen LogP contribution in [0.1, 0.15) is 48.8 Å². The van der Waals surface area contributed by atoms with Crippen LogP contribution in [0.3, 0.4) is 0 Å². The van der Waals surface area contributed by atoms with E-state index in [2.05, 4.69) is 10.1 Å². The molecule has 2 aromatic rings. The predicted octanol–water partition coefficient (Wildman–Crippen LogP) is 5.04. The molecule has 1 aliphatic heterocycles. The Morgan fingerprint density at radius 3 is 2.25 bits per heavy atom. The monoisotopic (exact) mass is 710 g/mol. The molecular formula is C31H30F8N2O6S. The van der Waals surface area contributed by atoms with Crippen LogP contribution in [-0.4, -0.2) is 69.7 Å². The van der Waals surface area contributed by atoms with E-state index in [-0.39, 0.29) is 79.6 Å². The summed E-state index contributed by atoms with van der Waals surface area (Å²) in [5, 5.41) is 2.81. The van der Waals surface area contributed by atoms with Gasteiger partial charge in [-0.3, -0.25) is 14.4 Å². The Kier molecular flexibility index (Phi) is 9.10. The van der Waals surface area contributed by atoms with Gasteiger partial charge in [-0.1, -0.05) is 18.2 Å². The minimum absolute atomic E-state index is 0.0159. The lowest BCUT2D eigenvalue weighted by atomic mass is 9.74. The molecule has 0 spiro atoms. The summed E-state index contributed by atoms with van der Waals surface area (Å²) in [5.41, 5.74) is -7.86. The molecule has 2 amide bonds. The Morgan fingerprint density at radius 1 is 1.00 bits per heavy atom. The van der Waals surface area contributed by atoms with Gasteiger partial charge < -0.3 is 15.0 Å². The first-order valence-corrected chi connectivity index (χ1v) is 16.4. The van der Waals surface area contributed by atoms with Gasteiger partial charge in [-0.05, 0) is 61.1 Å². The number of rotatable bonds is 8. The van der Waals surface area contributed by atoms with Crippen molar-refractivity contribution in [1.29, 1.82) is 0 Å². The number of likely N-dealkylation sites (tertiary alicyclic amines) is 1. The summed E-state index contributed by atoms with van der Waals surface area (Å²) < 4.78 is 142. The molecule has 0 aromatic heterocycles. The normalized spacial score (nSPS) is 24.6. The number of fused-ring (bicyclic) bond motifs is 3. The zero-order valence-corrected chi connectivity index (χ0v) is 26.1. The molecule has 0 radical (unpaired) electrons. The average molecular weight is 711 g/mol. The van der Waals surface area contributed by atoms with Crippen molar-refractivity contribution in [1.82, 2.24) is 10.2 Å². The zero-order chi connectivity index (χ0) is 35.4. The molecule has 2 aromatic carbocycles. The number of hydrogen-bond acceptors (Lipinski definition) is 6.